The van der Waals surface area contributed by atoms with Gasteiger partial charge in [-0.25, -0.2) is 8.78 Å². The van der Waals surface area contributed by atoms with Crippen LogP contribution in [0.4, 0.5) is 8.78 Å². The van der Waals surface area contributed by atoms with Gasteiger partial charge in [0.2, 0.25) is 0 Å². The van der Waals surface area contributed by atoms with Crippen LogP contribution >= 0.6 is 11.6 Å². The second kappa shape index (κ2) is 10.3. The molecule has 0 saturated carbocycles. The number of rotatable bonds is 8. The number of hydrogen-bond acceptors (Lipinski definition) is 4. The lowest BCUT2D eigenvalue weighted by molar-refractivity contribution is 0.0670. The highest BCUT2D eigenvalue weighted by Crippen LogP contribution is 2.29. The molecule has 0 fully saturated rings. The Kier molecular flexibility index (Phi) is 7.71. The van der Waals surface area contributed by atoms with Crippen molar-refractivity contribution in [1.82, 2.24) is 4.90 Å². The van der Waals surface area contributed by atoms with Gasteiger partial charge in [-0.05, 0) is 74.0 Å². The van der Waals surface area contributed by atoms with Gasteiger partial charge in [0.05, 0.1) is 6.54 Å². The molecule has 1 amide bonds. The van der Waals surface area contributed by atoms with Gasteiger partial charge in [-0.3, -0.25) is 4.79 Å². The van der Waals surface area contributed by atoms with Gasteiger partial charge in [-0.1, -0.05) is 24.6 Å². The molecule has 9 heteroatoms. The van der Waals surface area contributed by atoms with Crippen LogP contribution in [0.15, 0.2) is 71.6 Å². The molecule has 0 bridgehead atoms. The summed E-state index contributed by atoms with van der Waals surface area (Å²) in [6, 6.07) is 13.7. The number of amides is 1. The minimum atomic E-state index is -4.27. The van der Waals surface area contributed by atoms with Gasteiger partial charge in [0.25, 0.3) is 5.91 Å². The molecule has 3 rings (SSSR count). The van der Waals surface area contributed by atoms with Crippen molar-refractivity contribution in [2.75, 3.05) is 0 Å². The molecule has 174 valence electrons. The summed E-state index contributed by atoms with van der Waals surface area (Å²) in [4.78, 5) is 14.4. The standard InChI is InChI=1S/C24H22ClF2NO4S/c1-3-16(2)28(24(29)17-5-4-6-21(27)14-17)15-18-13-19(25)7-12-23(18)32-33(30,31)22-10-8-20(26)9-11-22/h4-14,16H,3,15H2,1-2H3/t16-/m1/s1. The monoisotopic (exact) mass is 493 g/mol. The van der Waals surface area contributed by atoms with Crippen LogP contribution in [0.3, 0.4) is 0 Å². The second-order valence-corrected chi connectivity index (χ2v) is 9.43. The van der Waals surface area contributed by atoms with Crippen molar-refractivity contribution in [1.29, 1.82) is 0 Å². The Bertz CT molecular complexity index is 1250. The zero-order chi connectivity index (χ0) is 24.2. The fraction of sp³-hybridized carbons (Fsp3) is 0.208. The van der Waals surface area contributed by atoms with E-state index in [4.69, 9.17) is 15.8 Å². The van der Waals surface area contributed by atoms with Gasteiger partial charge >= 0.3 is 10.1 Å². The number of carbonyl (C=O) groups is 1. The Morgan fingerprint density at radius 1 is 1.03 bits per heavy atom. The average molecular weight is 494 g/mol. The maximum Gasteiger partial charge on any atom is 0.339 e. The SMILES string of the molecule is CC[C@@H](C)N(Cc1cc(Cl)ccc1OS(=O)(=O)c1ccc(F)cc1)C(=O)c1cccc(F)c1. The van der Waals surface area contributed by atoms with Crippen LogP contribution in [0.1, 0.15) is 36.2 Å². The Morgan fingerprint density at radius 2 is 1.73 bits per heavy atom. The van der Waals surface area contributed by atoms with Crippen molar-refractivity contribution in [3.8, 4) is 5.75 Å². The maximum atomic E-state index is 13.7. The molecule has 0 unspecified atom stereocenters. The van der Waals surface area contributed by atoms with Gasteiger partial charge in [0.15, 0.2) is 0 Å². The Labute approximate surface area is 196 Å². The van der Waals surface area contributed by atoms with E-state index >= 15 is 0 Å². The molecule has 0 aliphatic heterocycles. The fourth-order valence-corrected chi connectivity index (χ4v) is 4.30. The topological polar surface area (TPSA) is 63.7 Å². The molecule has 0 aliphatic carbocycles. The van der Waals surface area contributed by atoms with E-state index < -0.39 is 27.7 Å². The second-order valence-electron chi connectivity index (χ2n) is 7.44. The molecule has 3 aromatic rings. The fourth-order valence-electron chi connectivity index (χ4n) is 3.14. The van der Waals surface area contributed by atoms with E-state index in [0.717, 1.165) is 30.3 Å². The molecule has 0 N–H and O–H groups in total. The lowest BCUT2D eigenvalue weighted by Crippen LogP contribution is -2.38. The van der Waals surface area contributed by atoms with Crippen LogP contribution in [0, 0.1) is 11.6 Å². The quantitative estimate of drug-likeness (QED) is 0.370. The van der Waals surface area contributed by atoms with Gasteiger partial charge in [0, 0.05) is 22.2 Å². The molecule has 0 aliphatic rings. The van der Waals surface area contributed by atoms with Crippen molar-refractivity contribution in [2.45, 2.75) is 37.8 Å². The van der Waals surface area contributed by atoms with E-state index in [1.807, 2.05) is 13.8 Å². The molecule has 33 heavy (non-hydrogen) atoms. The van der Waals surface area contributed by atoms with Crippen LogP contribution in [0.5, 0.6) is 5.75 Å². The third kappa shape index (κ3) is 6.09. The summed E-state index contributed by atoms with van der Waals surface area (Å²) in [7, 11) is -4.27. The molecule has 0 radical (unpaired) electrons. The van der Waals surface area contributed by atoms with Crippen molar-refractivity contribution < 1.29 is 26.2 Å². The van der Waals surface area contributed by atoms with Crippen LogP contribution < -0.4 is 4.18 Å². The summed E-state index contributed by atoms with van der Waals surface area (Å²) >= 11 is 6.14. The van der Waals surface area contributed by atoms with Crippen molar-refractivity contribution in [3.63, 3.8) is 0 Å². The zero-order valence-corrected chi connectivity index (χ0v) is 19.5. The first kappa shape index (κ1) is 24.7. The molecule has 1 atom stereocenters. The summed E-state index contributed by atoms with van der Waals surface area (Å²) in [5, 5.41) is 0.318. The number of carbonyl (C=O) groups excluding carboxylic acids is 1. The van der Waals surface area contributed by atoms with Gasteiger partial charge in [-0.15, -0.1) is 0 Å². The summed E-state index contributed by atoms with van der Waals surface area (Å²) in [6.07, 6.45) is 0.603. The van der Waals surface area contributed by atoms with Gasteiger partial charge < -0.3 is 9.08 Å². The summed E-state index contributed by atoms with van der Waals surface area (Å²) in [6.45, 7) is 3.70. The Hall–Kier alpha value is -2.97. The molecular weight excluding hydrogens is 472 g/mol. The molecule has 3 aromatic carbocycles. The number of halogens is 3. The van der Waals surface area contributed by atoms with Crippen LogP contribution in [-0.2, 0) is 16.7 Å². The normalized spacial score (nSPS) is 12.3. The highest BCUT2D eigenvalue weighted by atomic mass is 35.5. The largest absolute Gasteiger partial charge is 0.379 e. The Balaban J connectivity index is 1.96. The minimum absolute atomic E-state index is 0.0240. The minimum Gasteiger partial charge on any atom is -0.379 e. The number of hydrogen-bond donors (Lipinski definition) is 0. The third-order valence-electron chi connectivity index (χ3n) is 5.12. The Morgan fingerprint density at radius 3 is 2.36 bits per heavy atom. The summed E-state index contributed by atoms with van der Waals surface area (Å²) < 4.78 is 57.6. The maximum absolute atomic E-state index is 13.7. The molecule has 5 nitrogen and oxygen atoms in total. The zero-order valence-electron chi connectivity index (χ0n) is 18.0. The van der Waals surface area contributed by atoms with Crippen LogP contribution in [-0.4, -0.2) is 25.3 Å². The van der Waals surface area contributed by atoms with E-state index in [-0.39, 0.29) is 28.8 Å². The lowest BCUT2D eigenvalue weighted by atomic mass is 10.1. The number of benzene rings is 3. The van der Waals surface area contributed by atoms with E-state index in [1.165, 1.54) is 41.3 Å². The molecule has 0 heterocycles. The summed E-state index contributed by atoms with van der Waals surface area (Å²) in [5.41, 5.74) is 0.511. The first-order chi connectivity index (χ1) is 15.6. The first-order valence-corrected chi connectivity index (χ1v) is 11.9. The van der Waals surface area contributed by atoms with E-state index in [9.17, 15) is 22.0 Å². The highest BCUT2D eigenvalue weighted by Gasteiger charge is 2.25. The van der Waals surface area contributed by atoms with E-state index in [0.29, 0.717) is 17.0 Å². The van der Waals surface area contributed by atoms with E-state index in [1.54, 1.807) is 0 Å². The smallest absolute Gasteiger partial charge is 0.339 e. The van der Waals surface area contributed by atoms with Gasteiger partial charge in [0.1, 0.15) is 22.3 Å². The molecular formula is C24H22ClF2NO4S. The summed E-state index contributed by atoms with van der Waals surface area (Å²) in [5.74, 6) is -1.57. The van der Waals surface area contributed by atoms with Gasteiger partial charge in [-0.2, -0.15) is 8.42 Å². The highest BCUT2D eigenvalue weighted by molar-refractivity contribution is 7.87. The molecule has 0 spiro atoms. The van der Waals surface area contributed by atoms with Crippen molar-refractivity contribution >= 4 is 27.6 Å². The van der Waals surface area contributed by atoms with Crippen molar-refractivity contribution in [3.05, 3.63) is 94.5 Å². The molecule has 0 aromatic heterocycles. The van der Waals surface area contributed by atoms with Crippen LogP contribution in [0.25, 0.3) is 0 Å². The average Bonchev–Trinajstić information content (AvgIpc) is 2.78. The first-order valence-electron chi connectivity index (χ1n) is 10.2. The lowest BCUT2D eigenvalue weighted by Gasteiger charge is -2.29. The molecule has 0 saturated heterocycles. The third-order valence-corrected chi connectivity index (χ3v) is 6.60. The predicted octanol–water partition coefficient (Wildman–Crippen LogP) is 5.83. The van der Waals surface area contributed by atoms with Crippen molar-refractivity contribution in [2.24, 2.45) is 0 Å². The van der Waals surface area contributed by atoms with Crippen LogP contribution in [0.2, 0.25) is 5.02 Å². The number of nitrogens with zero attached hydrogens (tertiary/aromatic N) is 1. The predicted molar refractivity (Wildman–Crippen MR) is 122 cm³/mol. The van der Waals surface area contributed by atoms with E-state index in [2.05, 4.69) is 0 Å².